The number of para-hydroxylation sites is 1. The lowest BCUT2D eigenvalue weighted by molar-refractivity contribution is 0.669. The molecule has 2 heteroatoms. The molecule has 0 N–H and O–H groups in total. The first-order valence-corrected chi connectivity index (χ1v) is 20.3. The van der Waals surface area contributed by atoms with Gasteiger partial charge in [-0.25, -0.2) is 0 Å². The molecule has 2 nitrogen and oxygen atoms in total. The van der Waals surface area contributed by atoms with E-state index >= 15 is 0 Å². The highest BCUT2D eigenvalue weighted by molar-refractivity contribution is 6.20. The third kappa shape index (κ3) is 4.46. The topological polar surface area (TPSA) is 26.3 Å². The quantitative estimate of drug-likeness (QED) is 0.179. The van der Waals surface area contributed by atoms with Crippen LogP contribution in [0.2, 0.25) is 0 Å². The highest BCUT2D eigenvalue weighted by atomic mass is 16.3. The van der Waals surface area contributed by atoms with Gasteiger partial charge in [-0.1, -0.05) is 164 Å². The zero-order valence-corrected chi connectivity index (χ0v) is 31.9. The van der Waals surface area contributed by atoms with Crippen molar-refractivity contribution in [3.63, 3.8) is 0 Å². The van der Waals surface area contributed by atoms with Gasteiger partial charge in [0, 0.05) is 26.9 Å². The number of hydrogen-bond acceptors (Lipinski definition) is 2. The van der Waals surface area contributed by atoms with Gasteiger partial charge in [-0.05, 0) is 114 Å². The van der Waals surface area contributed by atoms with Crippen molar-refractivity contribution in [3.05, 3.63) is 229 Å². The molecule has 0 unspecified atom stereocenters. The predicted molar refractivity (Wildman–Crippen MR) is 244 cm³/mol. The molecular formula is C57H34O2. The standard InChI is InChI=1S/C57H34O2/c1-3-15-39(16-4-1)57(40-17-5-2-6-18-40)49-23-11-9-21-44(49)54-46(37-29-31-51-48(34-37)43-20-10-12-24-50(43)58-51)32-38-27-26-36(33-47(38)55(54)57)41-22-13-25-52-53(41)45-30-28-35-14-7-8-19-42(35)56(45)59-52/h1-34H. The minimum atomic E-state index is -0.596. The maximum Gasteiger partial charge on any atom is 0.143 e. The lowest BCUT2D eigenvalue weighted by Crippen LogP contribution is -2.28. The van der Waals surface area contributed by atoms with Crippen LogP contribution in [-0.2, 0) is 5.41 Å². The number of fused-ring (bicyclic) bond motifs is 13. The second kappa shape index (κ2) is 12.2. The fourth-order valence-corrected chi connectivity index (χ4v) is 10.5. The number of furan rings is 2. The average molecular weight is 751 g/mol. The van der Waals surface area contributed by atoms with Gasteiger partial charge in [0.1, 0.15) is 22.3 Å². The van der Waals surface area contributed by atoms with Crippen molar-refractivity contribution in [1.82, 2.24) is 0 Å². The Hall–Kier alpha value is -7.68. The van der Waals surface area contributed by atoms with E-state index in [0.29, 0.717) is 0 Å². The van der Waals surface area contributed by atoms with Crippen molar-refractivity contribution in [1.29, 1.82) is 0 Å². The van der Waals surface area contributed by atoms with Crippen LogP contribution in [0.25, 0.3) is 98.8 Å². The molecular weight excluding hydrogens is 717 g/mol. The molecule has 59 heavy (non-hydrogen) atoms. The fourth-order valence-electron chi connectivity index (χ4n) is 10.5. The Bertz CT molecular complexity index is 3620. The van der Waals surface area contributed by atoms with Crippen molar-refractivity contribution < 1.29 is 8.83 Å². The average Bonchev–Trinajstić information content (AvgIpc) is 3.98. The van der Waals surface area contributed by atoms with Crippen molar-refractivity contribution in [2.24, 2.45) is 0 Å². The van der Waals surface area contributed by atoms with Gasteiger partial charge in [-0.3, -0.25) is 0 Å². The first kappa shape index (κ1) is 32.4. The predicted octanol–water partition coefficient (Wildman–Crippen LogP) is 15.5. The Morgan fingerprint density at radius 2 is 0.966 bits per heavy atom. The van der Waals surface area contributed by atoms with Gasteiger partial charge in [0.2, 0.25) is 0 Å². The van der Waals surface area contributed by atoms with Crippen molar-refractivity contribution >= 4 is 65.4 Å². The Balaban J connectivity index is 1.17. The van der Waals surface area contributed by atoms with Crippen molar-refractivity contribution in [2.45, 2.75) is 5.41 Å². The minimum Gasteiger partial charge on any atom is -0.456 e. The van der Waals surface area contributed by atoms with Crippen LogP contribution in [0, 0.1) is 0 Å². The lowest BCUT2D eigenvalue weighted by Gasteiger charge is -2.35. The summed E-state index contributed by atoms with van der Waals surface area (Å²) >= 11 is 0. The molecule has 0 fully saturated rings. The van der Waals surface area contributed by atoms with Crippen LogP contribution in [0.1, 0.15) is 22.3 Å². The molecule has 0 radical (unpaired) electrons. The smallest absolute Gasteiger partial charge is 0.143 e. The highest BCUT2D eigenvalue weighted by Crippen LogP contribution is 2.61. The molecule has 0 amide bonds. The molecule has 1 aliphatic carbocycles. The third-order valence-electron chi connectivity index (χ3n) is 12.9. The van der Waals surface area contributed by atoms with Crippen LogP contribution >= 0.6 is 0 Å². The normalized spacial score (nSPS) is 13.2. The molecule has 0 atom stereocenters. The SMILES string of the molecule is c1ccc(C2(c3ccccc3)c3ccccc3-c3c(-c4ccc5oc6ccccc6c5c4)cc4ccc(-c5cccc6oc7c8ccccc8ccc7c56)cc4c32)cc1. The van der Waals surface area contributed by atoms with E-state index in [1.807, 2.05) is 6.07 Å². The molecule has 274 valence electrons. The van der Waals surface area contributed by atoms with Gasteiger partial charge >= 0.3 is 0 Å². The summed E-state index contributed by atoms with van der Waals surface area (Å²) in [4.78, 5) is 0. The molecule has 13 rings (SSSR count). The molecule has 0 saturated carbocycles. The molecule has 2 aromatic heterocycles. The molecule has 0 spiro atoms. The second-order valence-electron chi connectivity index (χ2n) is 15.9. The first-order chi connectivity index (χ1) is 29.3. The van der Waals surface area contributed by atoms with Crippen LogP contribution < -0.4 is 0 Å². The zero-order chi connectivity index (χ0) is 38.7. The van der Waals surface area contributed by atoms with E-state index in [4.69, 9.17) is 8.83 Å². The minimum absolute atomic E-state index is 0.596. The molecule has 0 bridgehead atoms. The summed E-state index contributed by atoms with van der Waals surface area (Å²) in [6, 6.07) is 75.3. The molecule has 0 saturated heterocycles. The zero-order valence-electron chi connectivity index (χ0n) is 31.9. The lowest BCUT2D eigenvalue weighted by atomic mass is 9.66. The molecule has 1 aliphatic rings. The Kier molecular flexibility index (Phi) is 6.68. The number of hydrogen-bond donors (Lipinski definition) is 0. The summed E-state index contributed by atoms with van der Waals surface area (Å²) in [5, 5.41) is 9.26. The van der Waals surface area contributed by atoms with Gasteiger partial charge < -0.3 is 8.83 Å². The number of benzene rings is 10. The highest BCUT2D eigenvalue weighted by Gasteiger charge is 2.48. The number of rotatable bonds is 4. The largest absolute Gasteiger partial charge is 0.456 e. The van der Waals surface area contributed by atoms with Crippen LogP contribution in [0.3, 0.4) is 0 Å². The maximum atomic E-state index is 6.69. The van der Waals surface area contributed by atoms with Crippen LogP contribution in [0.15, 0.2) is 215 Å². The summed E-state index contributed by atoms with van der Waals surface area (Å²) in [5.74, 6) is 0. The van der Waals surface area contributed by atoms with Crippen molar-refractivity contribution in [3.8, 4) is 33.4 Å². The van der Waals surface area contributed by atoms with E-state index in [1.54, 1.807) is 0 Å². The molecule has 10 aromatic carbocycles. The summed E-state index contributed by atoms with van der Waals surface area (Å²) in [5.41, 5.74) is 15.3. The van der Waals surface area contributed by atoms with Gasteiger partial charge in [0.25, 0.3) is 0 Å². The molecule has 2 heterocycles. The van der Waals surface area contributed by atoms with Gasteiger partial charge in [0.15, 0.2) is 0 Å². The van der Waals surface area contributed by atoms with Gasteiger partial charge in [0.05, 0.1) is 5.41 Å². The van der Waals surface area contributed by atoms with E-state index in [-0.39, 0.29) is 0 Å². The van der Waals surface area contributed by atoms with E-state index in [2.05, 4.69) is 200 Å². The second-order valence-corrected chi connectivity index (χ2v) is 15.9. The first-order valence-electron chi connectivity index (χ1n) is 20.3. The Morgan fingerprint density at radius 1 is 0.339 bits per heavy atom. The monoisotopic (exact) mass is 750 g/mol. The fraction of sp³-hybridized carbons (Fsp3) is 0.0175. The summed E-state index contributed by atoms with van der Waals surface area (Å²) in [6.45, 7) is 0. The molecule has 0 aliphatic heterocycles. The Morgan fingerprint density at radius 3 is 1.81 bits per heavy atom. The van der Waals surface area contributed by atoms with Crippen molar-refractivity contribution in [2.75, 3.05) is 0 Å². The van der Waals surface area contributed by atoms with Gasteiger partial charge in [-0.15, -0.1) is 0 Å². The van der Waals surface area contributed by atoms with E-state index < -0.39 is 5.41 Å². The third-order valence-corrected chi connectivity index (χ3v) is 12.9. The maximum absolute atomic E-state index is 6.69. The Labute approximate surface area is 340 Å². The van der Waals surface area contributed by atoms with Gasteiger partial charge in [-0.2, -0.15) is 0 Å². The van der Waals surface area contributed by atoms with Crippen LogP contribution in [-0.4, -0.2) is 0 Å². The van der Waals surface area contributed by atoms with E-state index in [1.165, 1.54) is 60.7 Å². The summed E-state index contributed by atoms with van der Waals surface area (Å²) in [6.07, 6.45) is 0. The van der Waals surface area contributed by atoms with Crippen LogP contribution in [0.4, 0.5) is 0 Å². The van der Waals surface area contributed by atoms with E-state index in [0.717, 1.165) is 60.4 Å². The molecule has 12 aromatic rings. The summed E-state index contributed by atoms with van der Waals surface area (Å²) in [7, 11) is 0. The summed E-state index contributed by atoms with van der Waals surface area (Å²) < 4.78 is 13.0. The van der Waals surface area contributed by atoms with Crippen LogP contribution in [0.5, 0.6) is 0 Å². The van der Waals surface area contributed by atoms with E-state index in [9.17, 15) is 0 Å².